The molecule has 0 aliphatic heterocycles. The van der Waals surface area contributed by atoms with Gasteiger partial charge in [0.25, 0.3) is 0 Å². The summed E-state index contributed by atoms with van der Waals surface area (Å²) in [5, 5.41) is 0. The molecule has 0 aromatic heterocycles. The Balaban J connectivity index is 2.28. The predicted octanol–water partition coefficient (Wildman–Crippen LogP) is 5.62. The molecule has 2 aromatic carbocycles. The second-order valence-electron chi connectivity index (χ2n) is 5.35. The van der Waals surface area contributed by atoms with Crippen LogP contribution in [0.25, 0.3) is 0 Å². The maximum atomic E-state index is 6.46. The van der Waals surface area contributed by atoms with Gasteiger partial charge in [0.15, 0.2) is 0 Å². The Morgan fingerprint density at radius 2 is 1.10 bits per heavy atom. The van der Waals surface area contributed by atoms with Gasteiger partial charge in [0.1, 0.15) is 0 Å². The second kappa shape index (κ2) is 7.15. The number of hydrogen-bond acceptors (Lipinski definition) is 2. The minimum atomic E-state index is -2.87. The molecular formula is C18H24O2Ti. The quantitative estimate of drug-likeness (QED) is 0.643. The molecule has 0 aliphatic rings. The molecule has 0 aliphatic carbocycles. The van der Waals surface area contributed by atoms with Gasteiger partial charge in [-0.2, -0.15) is 0 Å². The third-order valence-electron chi connectivity index (χ3n) is 3.86. The van der Waals surface area contributed by atoms with Crippen LogP contribution in [0.4, 0.5) is 0 Å². The number of hydrogen-bond donors (Lipinski definition) is 0. The average Bonchev–Trinajstić information content (AvgIpc) is 2.51. The van der Waals surface area contributed by atoms with Gasteiger partial charge in [-0.25, -0.2) is 0 Å². The zero-order chi connectivity index (χ0) is 15.3. The zero-order valence-corrected chi connectivity index (χ0v) is 14.9. The number of aryl methyl sites for hydroxylation is 2. The van der Waals surface area contributed by atoms with E-state index in [1.165, 1.54) is 11.1 Å². The van der Waals surface area contributed by atoms with Crippen LogP contribution in [-0.4, -0.2) is 0 Å². The summed E-state index contributed by atoms with van der Waals surface area (Å²) < 4.78 is 14.9. The van der Waals surface area contributed by atoms with Crippen LogP contribution < -0.4 is 6.64 Å². The summed E-state index contributed by atoms with van der Waals surface area (Å²) in [5.74, 6) is 1.93. The van der Waals surface area contributed by atoms with E-state index in [0.717, 1.165) is 21.0 Å². The van der Waals surface area contributed by atoms with E-state index >= 15 is 0 Å². The molecule has 2 nitrogen and oxygen atoms in total. The molecule has 0 bridgehead atoms. The Morgan fingerprint density at radius 3 is 1.43 bits per heavy atom. The first-order chi connectivity index (χ1) is 10.1. The first-order valence-electron chi connectivity index (χ1n) is 7.59. The van der Waals surface area contributed by atoms with E-state index in [1.54, 1.807) is 0 Å². The van der Waals surface area contributed by atoms with Crippen molar-refractivity contribution in [1.29, 1.82) is 0 Å². The molecule has 2 aromatic rings. The van der Waals surface area contributed by atoms with Gasteiger partial charge in [-0.05, 0) is 0 Å². The van der Waals surface area contributed by atoms with Crippen LogP contribution in [0.15, 0.2) is 48.5 Å². The summed E-state index contributed by atoms with van der Waals surface area (Å²) in [7, 11) is 0. The molecule has 0 radical (unpaired) electrons. The molecule has 0 saturated carbocycles. The van der Waals surface area contributed by atoms with Crippen LogP contribution in [-0.2, 0) is 17.4 Å². The van der Waals surface area contributed by atoms with Gasteiger partial charge in [0.2, 0.25) is 0 Å². The molecule has 0 saturated heterocycles. The van der Waals surface area contributed by atoms with Crippen LogP contribution in [0.5, 0.6) is 11.5 Å². The van der Waals surface area contributed by atoms with E-state index in [-0.39, 0.29) is 0 Å². The Bertz CT molecular complexity index is 542. The van der Waals surface area contributed by atoms with E-state index in [0.29, 0.717) is 0 Å². The van der Waals surface area contributed by atoms with E-state index in [4.69, 9.17) is 6.64 Å². The molecule has 0 amide bonds. The predicted molar refractivity (Wildman–Crippen MR) is 84.6 cm³/mol. The molecule has 0 spiro atoms. The molecule has 0 fully saturated rings. The minimum absolute atomic E-state index is 0.967. The summed E-state index contributed by atoms with van der Waals surface area (Å²) >= 11 is -2.87. The molecule has 112 valence electrons. The van der Waals surface area contributed by atoms with Crippen molar-refractivity contribution >= 4 is 0 Å². The Kier molecular flexibility index (Phi) is 5.49. The second-order valence-corrected chi connectivity index (χ2v) is 11.0. The Morgan fingerprint density at radius 1 is 0.714 bits per heavy atom. The monoisotopic (exact) mass is 320 g/mol. The van der Waals surface area contributed by atoms with Gasteiger partial charge in [-0.1, -0.05) is 0 Å². The molecular weight excluding hydrogens is 296 g/mol. The zero-order valence-electron chi connectivity index (χ0n) is 13.3. The SMILES string of the molecule is C[CH2][Ti]([CH2]C)([O]c1ccccc1C)[O]c1ccccc1C. The summed E-state index contributed by atoms with van der Waals surface area (Å²) in [6.45, 7) is 8.53. The van der Waals surface area contributed by atoms with Gasteiger partial charge < -0.3 is 0 Å². The van der Waals surface area contributed by atoms with Crippen molar-refractivity contribution in [1.82, 2.24) is 0 Å². The van der Waals surface area contributed by atoms with E-state index < -0.39 is 17.4 Å². The Labute approximate surface area is 132 Å². The van der Waals surface area contributed by atoms with E-state index in [2.05, 4.69) is 39.8 Å². The van der Waals surface area contributed by atoms with Crippen molar-refractivity contribution in [3.63, 3.8) is 0 Å². The molecule has 3 heteroatoms. The molecule has 2 rings (SSSR count). The summed E-state index contributed by atoms with van der Waals surface area (Å²) in [6.07, 6.45) is 0. The van der Waals surface area contributed by atoms with Gasteiger partial charge in [-0.3, -0.25) is 0 Å². The van der Waals surface area contributed by atoms with Gasteiger partial charge in [0, 0.05) is 0 Å². The van der Waals surface area contributed by atoms with Gasteiger partial charge in [0.05, 0.1) is 0 Å². The Hall–Kier alpha value is -1.25. The number of benzene rings is 2. The molecule has 0 unspecified atom stereocenters. The number of rotatable bonds is 6. The first-order valence-corrected chi connectivity index (χ1v) is 11.1. The van der Waals surface area contributed by atoms with Crippen molar-refractivity contribution in [2.75, 3.05) is 0 Å². The standard InChI is InChI=1S/2C7H8O.2C2H5.Ti/c2*1-6-4-2-3-5-7(6)8;2*1-2;/h2*2-5,8H,1H3;2*1H2,2H3;/q;;;;+2/p-2. The maximum absolute atomic E-state index is 6.46. The van der Waals surface area contributed by atoms with Gasteiger partial charge >= 0.3 is 132 Å². The van der Waals surface area contributed by atoms with Crippen LogP contribution in [0.2, 0.25) is 9.45 Å². The molecule has 21 heavy (non-hydrogen) atoms. The van der Waals surface area contributed by atoms with Gasteiger partial charge in [-0.15, -0.1) is 0 Å². The van der Waals surface area contributed by atoms with E-state index in [9.17, 15) is 0 Å². The summed E-state index contributed by atoms with van der Waals surface area (Å²) in [5.41, 5.74) is 2.34. The molecule has 0 atom stereocenters. The summed E-state index contributed by atoms with van der Waals surface area (Å²) in [4.78, 5) is 0. The fourth-order valence-corrected chi connectivity index (χ4v) is 6.02. The van der Waals surface area contributed by atoms with E-state index in [1.807, 2.05) is 36.4 Å². The third kappa shape index (κ3) is 3.90. The summed E-state index contributed by atoms with van der Waals surface area (Å²) in [6, 6.07) is 16.4. The normalized spacial score (nSPS) is 11.2. The molecule has 0 N–H and O–H groups in total. The van der Waals surface area contributed by atoms with Crippen molar-refractivity contribution < 1.29 is 24.0 Å². The molecule has 0 heterocycles. The van der Waals surface area contributed by atoms with Crippen molar-refractivity contribution in [3.05, 3.63) is 59.7 Å². The first kappa shape index (κ1) is 16.1. The van der Waals surface area contributed by atoms with Crippen LogP contribution in [0.1, 0.15) is 25.0 Å². The fraction of sp³-hybridized carbons (Fsp3) is 0.333. The van der Waals surface area contributed by atoms with Crippen LogP contribution >= 0.6 is 0 Å². The average molecular weight is 320 g/mol. The third-order valence-corrected chi connectivity index (χ3v) is 9.07. The topological polar surface area (TPSA) is 18.5 Å². The van der Waals surface area contributed by atoms with Crippen molar-refractivity contribution in [2.45, 2.75) is 37.1 Å². The van der Waals surface area contributed by atoms with Crippen LogP contribution in [0.3, 0.4) is 0 Å². The number of para-hydroxylation sites is 2. The van der Waals surface area contributed by atoms with Crippen LogP contribution in [0, 0.1) is 13.8 Å². The van der Waals surface area contributed by atoms with Crippen molar-refractivity contribution in [3.8, 4) is 11.5 Å². The van der Waals surface area contributed by atoms with Crippen molar-refractivity contribution in [2.24, 2.45) is 0 Å². The fourth-order valence-electron chi connectivity index (χ4n) is 2.30.